The van der Waals surface area contributed by atoms with Gasteiger partial charge in [-0.1, -0.05) is 94.7 Å². The van der Waals surface area contributed by atoms with Gasteiger partial charge in [0.15, 0.2) is 0 Å². The first-order valence-electron chi connectivity index (χ1n) is 12.1. The number of nitrogens with zero attached hydrogens (tertiary/aromatic N) is 1. The molecule has 1 saturated heterocycles. The summed E-state index contributed by atoms with van der Waals surface area (Å²) in [6, 6.07) is 0. The van der Waals surface area contributed by atoms with Crippen molar-refractivity contribution in [2.75, 3.05) is 39.5 Å². The molecular weight excluding hydrogens is 406 g/mol. The molecule has 182 valence electrons. The van der Waals surface area contributed by atoms with Crippen molar-refractivity contribution >= 4 is 10.4 Å². The van der Waals surface area contributed by atoms with E-state index in [1.165, 1.54) is 103 Å². The van der Waals surface area contributed by atoms with Gasteiger partial charge in [0.1, 0.15) is 0 Å². The molecule has 7 nitrogen and oxygen atoms in total. The van der Waals surface area contributed by atoms with Gasteiger partial charge in [0.25, 0.3) is 0 Å². The lowest BCUT2D eigenvalue weighted by Crippen LogP contribution is -2.36. The van der Waals surface area contributed by atoms with Gasteiger partial charge >= 0.3 is 10.4 Å². The van der Waals surface area contributed by atoms with Crippen LogP contribution in [0.15, 0.2) is 0 Å². The highest BCUT2D eigenvalue weighted by atomic mass is 32.3. The number of rotatable bonds is 18. The lowest BCUT2D eigenvalue weighted by atomic mass is 10.0. The molecule has 0 radical (unpaired) electrons. The summed E-state index contributed by atoms with van der Waals surface area (Å²) in [4.78, 5) is 6.42. The normalized spacial score (nSPS) is 15.0. The lowest BCUT2D eigenvalue weighted by molar-refractivity contribution is -0.203. The summed E-state index contributed by atoms with van der Waals surface area (Å²) < 4.78 is 35.8. The van der Waals surface area contributed by atoms with Gasteiger partial charge in [-0.3, -0.25) is 9.45 Å². The second-order valence-electron chi connectivity index (χ2n) is 7.95. The minimum absolute atomic E-state index is 0.0692. The smallest absolute Gasteiger partial charge is 0.379 e. The molecule has 0 aromatic rings. The van der Waals surface area contributed by atoms with Crippen LogP contribution in [0, 0.1) is 0 Å². The van der Waals surface area contributed by atoms with Gasteiger partial charge in [0, 0.05) is 13.1 Å². The second kappa shape index (κ2) is 22.0. The summed E-state index contributed by atoms with van der Waals surface area (Å²) in [7, 11) is -4.41. The van der Waals surface area contributed by atoms with Crippen LogP contribution in [-0.4, -0.2) is 57.3 Å². The Kier molecular flexibility index (Phi) is 21.8. The van der Waals surface area contributed by atoms with Crippen LogP contribution in [0.25, 0.3) is 0 Å². The first kappa shape index (κ1) is 29.8. The largest absolute Gasteiger partial charge is 0.424 e. The lowest BCUT2D eigenvalue weighted by Gasteiger charge is -2.26. The van der Waals surface area contributed by atoms with E-state index in [-0.39, 0.29) is 6.61 Å². The summed E-state index contributed by atoms with van der Waals surface area (Å²) >= 11 is 0. The van der Waals surface area contributed by atoms with E-state index < -0.39 is 10.4 Å². The quantitative estimate of drug-likeness (QED) is 0.126. The van der Waals surface area contributed by atoms with Crippen LogP contribution in [0.4, 0.5) is 0 Å². The van der Waals surface area contributed by atoms with Crippen molar-refractivity contribution in [3.05, 3.63) is 0 Å². The van der Waals surface area contributed by atoms with E-state index in [0.29, 0.717) is 0 Å². The summed E-state index contributed by atoms with van der Waals surface area (Å²) in [6.07, 6.45) is 20.3. The van der Waals surface area contributed by atoms with Gasteiger partial charge in [-0.2, -0.15) is 8.42 Å². The third-order valence-corrected chi connectivity index (χ3v) is 5.45. The molecule has 0 bridgehead atoms. The Balaban J connectivity index is 0.000000890. The van der Waals surface area contributed by atoms with Crippen molar-refractivity contribution in [1.82, 2.24) is 4.90 Å². The van der Waals surface area contributed by atoms with Crippen LogP contribution in [0.3, 0.4) is 0 Å². The van der Waals surface area contributed by atoms with E-state index in [1.807, 2.05) is 0 Å². The number of morpholine rings is 1. The summed E-state index contributed by atoms with van der Waals surface area (Å²) in [5.74, 6) is 0. The Hall–Kier alpha value is -0.250. The molecular formula is C22H47NO6S. The molecule has 0 saturated carbocycles. The maximum absolute atomic E-state index is 9.60. The molecule has 30 heavy (non-hydrogen) atoms. The predicted molar refractivity (Wildman–Crippen MR) is 122 cm³/mol. The van der Waals surface area contributed by atoms with Crippen LogP contribution >= 0.6 is 0 Å². The van der Waals surface area contributed by atoms with Gasteiger partial charge in [-0.05, 0) is 19.9 Å². The van der Waals surface area contributed by atoms with Crippen LogP contribution in [0.2, 0.25) is 0 Å². The Bertz CT molecular complexity index is 441. The fourth-order valence-corrected chi connectivity index (χ4v) is 3.68. The molecule has 1 rings (SSSR count). The third-order valence-electron chi connectivity index (χ3n) is 5.18. The minimum atomic E-state index is -4.41. The molecule has 0 aromatic carbocycles. The van der Waals surface area contributed by atoms with E-state index in [2.05, 4.69) is 21.0 Å². The van der Waals surface area contributed by atoms with Crippen molar-refractivity contribution in [2.24, 2.45) is 0 Å². The van der Waals surface area contributed by atoms with Gasteiger partial charge in [0.2, 0.25) is 0 Å². The fraction of sp³-hybridized carbons (Fsp3) is 1.00. The highest BCUT2D eigenvalue weighted by Gasteiger charge is 2.08. The zero-order valence-corrected chi connectivity index (χ0v) is 20.3. The SMILES string of the molecule is CCCCCCCCCCCCCCCCN1CCOCC1.CCOOS(=O)(=O)O. The molecule has 0 aliphatic carbocycles. The van der Waals surface area contributed by atoms with Crippen LogP contribution in [0.1, 0.15) is 104 Å². The predicted octanol–water partition coefficient (Wildman–Crippen LogP) is 5.56. The number of ether oxygens (including phenoxy) is 1. The van der Waals surface area contributed by atoms with Gasteiger partial charge in [-0.25, -0.2) is 4.89 Å². The van der Waals surface area contributed by atoms with Crippen molar-refractivity contribution in [3.8, 4) is 0 Å². The monoisotopic (exact) mass is 453 g/mol. The molecule has 0 atom stereocenters. The van der Waals surface area contributed by atoms with Crippen molar-refractivity contribution in [3.63, 3.8) is 0 Å². The third kappa shape index (κ3) is 24.0. The molecule has 8 heteroatoms. The average molecular weight is 454 g/mol. The first-order valence-corrected chi connectivity index (χ1v) is 13.4. The average Bonchev–Trinajstić information content (AvgIpc) is 2.73. The summed E-state index contributed by atoms with van der Waals surface area (Å²) in [5, 5.41) is 0. The highest BCUT2D eigenvalue weighted by Crippen LogP contribution is 2.13. The molecule has 1 fully saturated rings. The van der Waals surface area contributed by atoms with E-state index in [9.17, 15) is 8.42 Å². The van der Waals surface area contributed by atoms with Crippen LogP contribution in [0.5, 0.6) is 0 Å². The molecule has 1 aliphatic rings. The van der Waals surface area contributed by atoms with E-state index >= 15 is 0 Å². The number of hydrogen-bond acceptors (Lipinski definition) is 6. The second-order valence-corrected chi connectivity index (χ2v) is 8.94. The molecule has 0 unspecified atom stereocenters. The maximum Gasteiger partial charge on any atom is 0.424 e. The van der Waals surface area contributed by atoms with Crippen molar-refractivity contribution in [2.45, 2.75) is 104 Å². The van der Waals surface area contributed by atoms with E-state index in [1.54, 1.807) is 0 Å². The molecule has 1 heterocycles. The first-order chi connectivity index (χ1) is 14.5. The molecule has 0 amide bonds. The number of unbranched alkanes of at least 4 members (excludes halogenated alkanes) is 13. The Morgan fingerprint density at radius 2 is 1.20 bits per heavy atom. The zero-order valence-electron chi connectivity index (χ0n) is 19.5. The van der Waals surface area contributed by atoms with Crippen LogP contribution < -0.4 is 0 Å². The standard InChI is InChI=1S/C20H41NO.C2H6O5S/c1-2-3-4-5-6-7-8-9-10-11-12-13-14-15-16-21-17-19-22-20-18-21;1-2-6-7-8(3,4)5/h2-20H2,1H3;2H2,1H3,(H,3,4,5). The minimum Gasteiger partial charge on any atom is -0.379 e. The Morgan fingerprint density at radius 1 is 0.767 bits per heavy atom. The van der Waals surface area contributed by atoms with E-state index in [4.69, 9.17) is 9.29 Å². The van der Waals surface area contributed by atoms with Crippen molar-refractivity contribution in [1.29, 1.82) is 0 Å². The highest BCUT2D eigenvalue weighted by molar-refractivity contribution is 7.80. The summed E-state index contributed by atoms with van der Waals surface area (Å²) in [5.41, 5.74) is 0. The topological polar surface area (TPSA) is 85.3 Å². The molecule has 0 spiro atoms. The fourth-order valence-electron chi connectivity index (χ4n) is 3.46. The van der Waals surface area contributed by atoms with E-state index in [0.717, 1.165) is 26.3 Å². The van der Waals surface area contributed by atoms with Crippen LogP contribution in [-0.2, 0) is 24.4 Å². The van der Waals surface area contributed by atoms with Gasteiger partial charge in [0.05, 0.1) is 19.8 Å². The zero-order chi connectivity index (χ0) is 22.3. The Morgan fingerprint density at radius 3 is 1.57 bits per heavy atom. The molecule has 1 N–H and O–H groups in total. The van der Waals surface area contributed by atoms with Crippen molar-refractivity contribution < 1.29 is 26.9 Å². The maximum atomic E-state index is 9.60. The Labute approximate surface area is 185 Å². The van der Waals surface area contributed by atoms with Gasteiger partial charge < -0.3 is 4.74 Å². The summed E-state index contributed by atoms with van der Waals surface area (Å²) in [6.45, 7) is 9.36. The van der Waals surface area contributed by atoms with Gasteiger partial charge in [-0.15, -0.1) is 0 Å². The molecule has 1 aliphatic heterocycles. The number of hydrogen-bond donors (Lipinski definition) is 1. The molecule has 0 aromatic heterocycles.